The number of likely N-dealkylation sites (N-methyl/N-ethyl adjacent to an activating group) is 1. The fraction of sp³-hybridized carbons (Fsp3) is 0.385. The van der Waals surface area contributed by atoms with E-state index < -0.39 is 11.8 Å². The van der Waals surface area contributed by atoms with Crippen molar-refractivity contribution >= 4 is 45.5 Å². The smallest absolute Gasteiger partial charge is 0.341 e. The number of methoxy groups -OCH3 is 1. The summed E-state index contributed by atoms with van der Waals surface area (Å²) in [5.41, 5.74) is 2.17. The molecule has 2 aromatic carbocycles. The summed E-state index contributed by atoms with van der Waals surface area (Å²) >= 11 is 6.01. The lowest BCUT2D eigenvalue weighted by Gasteiger charge is -2.35. The minimum atomic E-state index is -0.613. The summed E-state index contributed by atoms with van der Waals surface area (Å²) in [5.74, 6) is -0.503. The molecule has 0 spiro atoms. The van der Waals surface area contributed by atoms with Gasteiger partial charge in [0.05, 0.1) is 40.8 Å². The lowest BCUT2D eigenvalue weighted by atomic mass is 10.1. The maximum Gasteiger partial charge on any atom is 0.341 e. The van der Waals surface area contributed by atoms with Crippen LogP contribution in [0.2, 0.25) is 5.02 Å². The van der Waals surface area contributed by atoms with Gasteiger partial charge in [0.1, 0.15) is 17.9 Å². The lowest BCUT2D eigenvalue weighted by molar-refractivity contribution is 0.0527. The highest BCUT2D eigenvalue weighted by Crippen LogP contribution is 2.39. The van der Waals surface area contributed by atoms with Crippen LogP contribution >= 0.6 is 11.6 Å². The Bertz CT molecular complexity index is 1230. The molecule has 1 aliphatic rings. The van der Waals surface area contributed by atoms with E-state index in [1.165, 1.54) is 12.3 Å². The topological polar surface area (TPSA) is 76.2 Å². The molecule has 2 heterocycles. The number of piperazine rings is 1. The van der Waals surface area contributed by atoms with Crippen LogP contribution in [0.15, 0.2) is 36.5 Å². The predicted octanol–water partition coefficient (Wildman–Crippen LogP) is 4.72. The molecular formula is C26H30ClFN4O4. The summed E-state index contributed by atoms with van der Waals surface area (Å²) in [7, 11) is 3.71. The van der Waals surface area contributed by atoms with Crippen LogP contribution in [0.4, 0.5) is 21.5 Å². The van der Waals surface area contributed by atoms with Gasteiger partial charge in [0.2, 0.25) is 0 Å². The molecule has 8 nitrogen and oxygen atoms in total. The Morgan fingerprint density at radius 1 is 1.19 bits per heavy atom. The van der Waals surface area contributed by atoms with Crippen molar-refractivity contribution in [1.82, 2.24) is 9.88 Å². The molecule has 0 unspecified atom stereocenters. The summed E-state index contributed by atoms with van der Waals surface area (Å²) in [5, 5.41) is 3.69. The predicted molar refractivity (Wildman–Crippen MR) is 139 cm³/mol. The van der Waals surface area contributed by atoms with E-state index in [9.17, 15) is 9.18 Å². The van der Waals surface area contributed by atoms with E-state index in [-0.39, 0.29) is 22.9 Å². The molecule has 3 aromatic rings. The molecule has 1 aliphatic heterocycles. The van der Waals surface area contributed by atoms with Crippen molar-refractivity contribution in [2.45, 2.75) is 6.92 Å². The Morgan fingerprint density at radius 3 is 2.69 bits per heavy atom. The number of nitrogens with zero attached hydrogens (tertiary/aromatic N) is 3. The van der Waals surface area contributed by atoms with Crippen molar-refractivity contribution in [2.75, 3.05) is 70.4 Å². The van der Waals surface area contributed by atoms with Crippen LogP contribution in [0.25, 0.3) is 10.9 Å². The third kappa shape index (κ3) is 5.64. The second kappa shape index (κ2) is 11.7. The molecule has 1 fully saturated rings. The first-order valence-corrected chi connectivity index (χ1v) is 12.2. The molecule has 192 valence electrons. The number of halogens is 2. The van der Waals surface area contributed by atoms with Crippen LogP contribution < -0.4 is 15.0 Å². The Balaban J connectivity index is 1.88. The highest BCUT2D eigenvalue weighted by molar-refractivity contribution is 6.31. The maximum absolute atomic E-state index is 14.8. The monoisotopic (exact) mass is 516 g/mol. The summed E-state index contributed by atoms with van der Waals surface area (Å²) in [6, 6.07) is 8.44. The third-order valence-corrected chi connectivity index (χ3v) is 6.34. The molecule has 0 saturated carbocycles. The second-order valence-electron chi connectivity index (χ2n) is 8.46. The Labute approximate surface area is 214 Å². The maximum atomic E-state index is 14.8. The number of aromatic nitrogens is 1. The van der Waals surface area contributed by atoms with Crippen LogP contribution in [-0.4, -0.2) is 76.0 Å². The van der Waals surface area contributed by atoms with Crippen LogP contribution in [0.5, 0.6) is 5.75 Å². The molecule has 0 amide bonds. The van der Waals surface area contributed by atoms with Gasteiger partial charge in [-0.05, 0) is 32.2 Å². The number of fused-ring (bicyclic) bond motifs is 1. The number of hydrogen-bond acceptors (Lipinski definition) is 8. The molecule has 0 radical (unpaired) electrons. The average molecular weight is 517 g/mol. The number of benzene rings is 2. The van der Waals surface area contributed by atoms with Gasteiger partial charge in [-0.1, -0.05) is 17.7 Å². The van der Waals surface area contributed by atoms with Gasteiger partial charge >= 0.3 is 5.97 Å². The molecule has 36 heavy (non-hydrogen) atoms. The number of pyridine rings is 1. The van der Waals surface area contributed by atoms with Gasteiger partial charge in [0.25, 0.3) is 0 Å². The summed E-state index contributed by atoms with van der Waals surface area (Å²) in [6.45, 7) is 6.15. The molecular weight excluding hydrogens is 487 g/mol. The molecule has 0 bridgehead atoms. The molecule has 4 rings (SSSR count). The second-order valence-corrected chi connectivity index (χ2v) is 8.87. The Kier molecular flexibility index (Phi) is 8.45. The van der Waals surface area contributed by atoms with Crippen molar-refractivity contribution in [3.63, 3.8) is 0 Å². The fourth-order valence-electron chi connectivity index (χ4n) is 4.09. The molecule has 0 atom stereocenters. The number of rotatable bonds is 9. The lowest BCUT2D eigenvalue weighted by Crippen LogP contribution is -2.44. The summed E-state index contributed by atoms with van der Waals surface area (Å²) in [6.07, 6.45) is 1.43. The Hall–Kier alpha value is -3.14. The number of carbonyl (C=O) groups is 1. The molecule has 1 aromatic heterocycles. The summed E-state index contributed by atoms with van der Waals surface area (Å²) < 4.78 is 31.3. The number of esters is 1. The van der Waals surface area contributed by atoms with Crippen molar-refractivity contribution in [1.29, 1.82) is 0 Å². The van der Waals surface area contributed by atoms with Crippen LogP contribution in [0.1, 0.15) is 17.3 Å². The molecule has 10 heteroatoms. The number of anilines is 3. The quantitative estimate of drug-likeness (QED) is 0.323. The first-order valence-electron chi connectivity index (χ1n) is 11.8. The van der Waals surface area contributed by atoms with E-state index in [0.29, 0.717) is 35.6 Å². The minimum absolute atomic E-state index is 0.0250. The zero-order valence-electron chi connectivity index (χ0n) is 20.6. The van der Waals surface area contributed by atoms with Crippen molar-refractivity contribution in [3.05, 3.63) is 52.9 Å². The van der Waals surface area contributed by atoms with Crippen LogP contribution in [0, 0.1) is 5.82 Å². The molecule has 1 N–H and O–H groups in total. The number of nitrogens with one attached hydrogen (secondary N) is 1. The number of hydrogen-bond donors (Lipinski definition) is 1. The van der Waals surface area contributed by atoms with Gasteiger partial charge in [-0.15, -0.1) is 0 Å². The Morgan fingerprint density at radius 2 is 1.97 bits per heavy atom. The standard InChI is InChI=1S/C26H30ClFN4O4/c1-4-35-26(33)18-16-29-21-15-23(36-13-12-34-3)22(32-10-8-31(2)9-11-32)14-17(21)25(18)30-20-7-5-6-19(27)24(20)28/h5-7,14-16H,4,8-13H2,1-3H3,(H,29,30). The van der Waals surface area contributed by atoms with Gasteiger partial charge in [-0.3, -0.25) is 4.98 Å². The average Bonchev–Trinajstić information content (AvgIpc) is 2.87. The van der Waals surface area contributed by atoms with E-state index in [4.69, 9.17) is 25.8 Å². The third-order valence-electron chi connectivity index (χ3n) is 6.04. The molecule has 0 aliphatic carbocycles. The van der Waals surface area contributed by atoms with Gasteiger partial charge < -0.3 is 29.3 Å². The zero-order valence-corrected chi connectivity index (χ0v) is 21.4. The van der Waals surface area contributed by atoms with E-state index in [1.54, 1.807) is 26.2 Å². The van der Waals surface area contributed by atoms with E-state index in [0.717, 1.165) is 31.9 Å². The summed E-state index contributed by atoms with van der Waals surface area (Å²) in [4.78, 5) is 21.9. The number of ether oxygens (including phenoxy) is 3. The zero-order chi connectivity index (χ0) is 25.7. The first kappa shape index (κ1) is 25.9. The minimum Gasteiger partial charge on any atom is -0.489 e. The highest BCUT2D eigenvalue weighted by Gasteiger charge is 2.23. The number of carbonyl (C=O) groups excluding carboxylic acids is 1. The normalized spacial score (nSPS) is 14.2. The van der Waals surface area contributed by atoms with E-state index in [1.807, 2.05) is 12.1 Å². The fourth-order valence-corrected chi connectivity index (χ4v) is 4.26. The van der Waals surface area contributed by atoms with Gasteiger partial charge in [-0.25, -0.2) is 9.18 Å². The SMILES string of the molecule is CCOC(=O)c1cnc2cc(OCCOC)c(N3CCN(C)CC3)cc2c1Nc1cccc(Cl)c1F. The largest absolute Gasteiger partial charge is 0.489 e. The van der Waals surface area contributed by atoms with Crippen molar-refractivity contribution in [2.24, 2.45) is 0 Å². The first-order chi connectivity index (χ1) is 17.4. The van der Waals surface area contributed by atoms with Gasteiger partial charge in [0.15, 0.2) is 5.82 Å². The van der Waals surface area contributed by atoms with E-state index >= 15 is 0 Å². The van der Waals surface area contributed by atoms with Crippen LogP contribution in [0.3, 0.4) is 0 Å². The van der Waals surface area contributed by atoms with Crippen molar-refractivity contribution in [3.8, 4) is 5.75 Å². The highest BCUT2D eigenvalue weighted by atomic mass is 35.5. The molecule has 1 saturated heterocycles. The van der Waals surface area contributed by atoms with Gasteiger partial charge in [-0.2, -0.15) is 0 Å². The van der Waals surface area contributed by atoms with E-state index in [2.05, 4.69) is 27.1 Å². The van der Waals surface area contributed by atoms with Crippen molar-refractivity contribution < 1.29 is 23.4 Å². The van der Waals surface area contributed by atoms with Gasteiger partial charge in [0, 0.05) is 50.9 Å². The van der Waals surface area contributed by atoms with Crippen LogP contribution in [-0.2, 0) is 9.47 Å².